The topological polar surface area (TPSA) is 20.7 Å². The van der Waals surface area contributed by atoms with Gasteiger partial charge in [0.15, 0.2) is 0 Å². The van der Waals surface area contributed by atoms with E-state index in [-0.39, 0.29) is 0 Å². The van der Waals surface area contributed by atoms with Gasteiger partial charge >= 0.3 is 0 Å². The molecular formula is C10H18N2S. The molecule has 1 rings (SSSR count). The fraction of sp³-hybridized carbons (Fsp3) is 0.700. The first kappa shape index (κ1) is 10.5. The summed E-state index contributed by atoms with van der Waals surface area (Å²) < 4.78 is 3.05. The maximum Gasteiger partial charge on any atom is 0.122 e. The summed E-state index contributed by atoms with van der Waals surface area (Å²) >= 11 is 5.28. The predicted molar refractivity (Wildman–Crippen MR) is 58.6 cm³/mol. The van der Waals surface area contributed by atoms with Crippen LogP contribution in [0.5, 0.6) is 0 Å². The first-order chi connectivity index (χ1) is 6.22. The molecule has 0 aromatic carbocycles. The zero-order chi connectivity index (χ0) is 9.84. The average Bonchev–Trinajstić information content (AvgIpc) is 2.50. The first-order valence-electron chi connectivity index (χ1n) is 5.03. The van der Waals surface area contributed by atoms with Crippen molar-refractivity contribution in [1.29, 1.82) is 0 Å². The number of hydrogen-bond acceptors (Lipinski definition) is 1. The number of nitrogens with zero attached hydrogens (tertiary/aromatic N) is 1. The second-order valence-electron chi connectivity index (χ2n) is 3.31. The fourth-order valence-electron chi connectivity index (χ4n) is 1.57. The van der Waals surface area contributed by atoms with Crippen molar-refractivity contribution in [2.75, 3.05) is 0 Å². The Kier molecular flexibility index (Phi) is 3.72. The lowest BCUT2D eigenvalue weighted by molar-refractivity contribution is 0.421. The van der Waals surface area contributed by atoms with E-state index >= 15 is 0 Å². The fourth-order valence-corrected chi connectivity index (χ4v) is 1.90. The van der Waals surface area contributed by atoms with E-state index in [1.54, 1.807) is 0 Å². The van der Waals surface area contributed by atoms with Gasteiger partial charge in [0.25, 0.3) is 0 Å². The Hall–Kier alpha value is -0.570. The molecule has 0 aliphatic heterocycles. The van der Waals surface area contributed by atoms with Crippen LogP contribution >= 0.6 is 12.2 Å². The Balaban J connectivity index is 2.98. The van der Waals surface area contributed by atoms with Gasteiger partial charge in [-0.1, -0.05) is 33.0 Å². The normalized spacial score (nSPS) is 11.1. The third-order valence-electron chi connectivity index (χ3n) is 2.49. The molecule has 0 bridgehead atoms. The molecule has 0 unspecified atom stereocenters. The molecule has 0 saturated heterocycles. The molecule has 0 spiro atoms. The van der Waals surface area contributed by atoms with Crippen LogP contribution in [0.2, 0.25) is 0 Å². The van der Waals surface area contributed by atoms with Gasteiger partial charge in [-0.15, -0.1) is 0 Å². The lowest BCUT2D eigenvalue weighted by atomic mass is 10.2. The Morgan fingerprint density at radius 1 is 1.38 bits per heavy atom. The number of aromatic nitrogens is 2. The van der Waals surface area contributed by atoms with Gasteiger partial charge in [0, 0.05) is 5.69 Å². The highest BCUT2D eigenvalue weighted by Gasteiger charge is 2.07. The van der Waals surface area contributed by atoms with Crippen molar-refractivity contribution in [3.05, 3.63) is 16.4 Å². The number of aromatic amines is 1. The zero-order valence-electron chi connectivity index (χ0n) is 8.63. The molecule has 0 fully saturated rings. The number of nitrogens with one attached hydrogen (secondary N) is 1. The Bertz CT molecular complexity index is 307. The standard InChI is InChI=1S/C10H18N2S/c1-4-8-7-10(13)12(11-8)9(5-2)6-3/h7,9,11H,4-6H2,1-3H3. The SMILES string of the molecule is CCc1cc(=S)n(C(CC)CC)[nH]1. The second kappa shape index (κ2) is 4.61. The van der Waals surface area contributed by atoms with E-state index in [1.807, 2.05) is 0 Å². The van der Waals surface area contributed by atoms with Crippen LogP contribution < -0.4 is 0 Å². The maximum atomic E-state index is 5.28. The van der Waals surface area contributed by atoms with Crippen LogP contribution in [0, 0.1) is 4.64 Å². The first-order valence-corrected chi connectivity index (χ1v) is 5.44. The number of aryl methyl sites for hydroxylation is 1. The average molecular weight is 198 g/mol. The van der Waals surface area contributed by atoms with E-state index in [1.165, 1.54) is 5.69 Å². The van der Waals surface area contributed by atoms with E-state index in [2.05, 4.69) is 36.6 Å². The van der Waals surface area contributed by atoms with Gasteiger partial charge in [0.1, 0.15) is 4.64 Å². The van der Waals surface area contributed by atoms with Crippen molar-refractivity contribution < 1.29 is 0 Å². The minimum Gasteiger partial charge on any atom is -0.301 e. The van der Waals surface area contributed by atoms with Crippen molar-refractivity contribution >= 4 is 12.2 Å². The van der Waals surface area contributed by atoms with E-state index in [0.717, 1.165) is 23.9 Å². The largest absolute Gasteiger partial charge is 0.301 e. The number of hydrogen-bond donors (Lipinski definition) is 1. The molecule has 0 saturated carbocycles. The smallest absolute Gasteiger partial charge is 0.122 e. The molecule has 0 aliphatic rings. The molecule has 3 heteroatoms. The molecule has 0 amide bonds. The van der Waals surface area contributed by atoms with E-state index < -0.39 is 0 Å². The Morgan fingerprint density at radius 2 is 2.00 bits per heavy atom. The second-order valence-corrected chi connectivity index (χ2v) is 3.73. The highest BCUT2D eigenvalue weighted by atomic mass is 32.1. The van der Waals surface area contributed by atoms with Crippen molar-refractivity contribution in [2.24, 2.45) is 0 Å². The summed E-state index contributed by atoms with van der Waals surface area (Å²) in [6.45, 7) is 6.53. The summed E-state index contributed by atoms with van der Waals surface area (Å²) in [5.74, 6) is 0. The Labute approximate surface area is 85.0 Å². The summed E-state index contributed by atoms with van der Waals surface area (Å²) in [5.41, 5.74) is 1.23. The molecule has 1 aromatic rings. The lowest BCUT2D eigenvalue weighted by Crippen LogP contribution is -2.08. The molecule has 1 heterocycles. The van der Waals surface area contributed by atoms with Crippen LogP contribution in [0.25, 0.3) is 0 Å². The lowest BCUT2D eigenvalue weighted by Gasteiger charge is -2.13. The molecule has 1 N–H and O–H groups in total. The van der Waals surface area contributed by atoms with E-state index in [9.17, 15) is 0 Å². The van der Waals surface area contributed by atoms with E-state index in [4.69, 9.17) is 12.2 Å². The van der Waals surface area contributed by atoms with Crippen molar-refractivity contribution in [1.82, 2.24) is 9.78 Å². The Morgan fingerprint density at radius 3 is 2.38 bits per heavy atom. The van der Waals surface area contributed by atoms with Gasteiger partial charge in [-0.05, 0) is 25.3 Å². The van der Waals surface area contributed by atoms with Gasteiger partial charge < -0.3 is 5.10 Å². The van der Waals surface area contributed by atoms with Crippen LogP contribution in [-0.2, 0) is 6.42 Å². The molecule has 0 aliphatic carbocycles. The van der Waals surface area contributed by atoms with Crippen LogP contribution in [0.4, 0.5) is 0 Å². The molecule has 2 nitrogen and oxygen atoms in total. The third-order valence-corrected chi connectivity index (χ3v) is 2.80. The number of H-pyrrole nitrogens is 1. The van der Waals surface area contributed by atoms with E-state index in [0.29, 0.717) is 6.04 Å². The predicted octanol–water partition coefficient (Wildman–Crippen LogP) is 3.47. The van der Waals surface area contributed by atoms with Crippen molar-refractivity contribution in [3.63, 3.8) is 0 Å². The summed E-state index contributed by atoms with van der Waals surface area (Å²) in [7, 11) is 0. The quantitative estimate of drug-likeness (QED) is 0.735. The van der Waals surface area contributed by atoms with Crippen LogP contribution in [0.3, 0.4) is 0 Å². The molecule has 1 aromatic heterocycles. The highest BCUT2D eigenvalue weighted by molar-refractivity contribution is 7.71. The van der Waals surface area contributed by atoms with Gasteiger partial charge in [-0.2, -0.15) is 0 Å². The van der Waals surface area contributed by atoms with Gasteiger partial charge in [-0.3, -0.25) is 4.68 Å². The molecule has 0 radical (unpaired) electrons. The monoisotopic (exact) mass is 198 g/mol. The summed E-state index contributed by atoms with van der Waals surface area (Å²) in [6.07, 6.45) is 3.29. The minimum absolute atomic E-state index is 0.535. The molecule has 0 atom stereocenters. The van der Waals surface area contributed by atoms with Crippen LogP contribution in [-0.4, -0.2) is 9.78 Å². The zero-order valence-corrected chi connectivity index (χ0v) is 9.45. The van der Waals surface area contributed by atoms with Gasteiger partial charge in [0.05, 0.1) is 6.04 Å². The minimum atomic E-state index is 0.535. The van der Waals surface area contributed by atoms with Crippen molar-refractivity contribution in [2.45, 2.75) is 46.1 Å². The molecule has 74 valence electrons. The summed E-state index contributed by atoms with van der Waals surface area (Å²) in [6, 6.07) is 2.60. The van der Waals surface area contributed by atoms with Crippen molar-refractivity contribution in [3.8, 4) is 0 Å². The highest BCUT2D eigenvalue weighted by Crippen LogP contribution is 2.15. The van der Waals surface area contributed by atoms with Crippen LogP contribution in [0.15, 0.2) is 6.07 Å². The maximum absolute atomic E-state index is 5.28. The van der Waals surface area contributed by atoms with Crippen LogP contribution in [0.1, 0.15) is 45.3 Å². The third kappa shape index (κ3) is 2.21. The molecular weight excluding hydrogens is 180 g/mol. The van der Waals surface area contributed by atoms with Gasteiger partial charge in [-0.25, -0.2) is 0 Å². The number of rotatable bonds is 4. The molecule has 13 heavy (non-hydrogen) atoms. The summed E-state index contributed by atoms with van der Waals surface area (Å²) in [5, 5.41) is 3.35. The van der Waals surface area contributed by atoms with Gasteiger partial charge in [0.2, 0.25) is 0 Å². The summed E-state index contributed by atoms with van der Waals surface area (Å²) in [4.78, 5) is 0.